The highest BCUT2D eigenvalue weighted by atomic mass is 79.9. The maximum absolute atomic E-state index is 10.9. The van der Waals surface area contributed by atoms with Crippen molar-refractivity contribution in [3.05, 3.63) is 51.2 Å². The van der Waals surface area contributed by atoms with E-state index in [4.69, 9.17) is 0 Å². The predicted molar refractivity (Wildman–Crippen MR) is 87.7 cm³/mol. The summed E-state index contributed by atoms with van der Waals surface area (Å²) in [4.78, 5) is 15.1. The van der Waals surface area contributed by atoms with Gasteiger partial charge in [0.2, 0.25) is 5.91 Å². The van der Waals surface area contributed by atoms with Gasteiger partial charge in [0, 0.05) is 24.8 Å². The summed E-state index contributed by atoms with van der Waals surface area (Å²) >= 11 is 6.70. The summed E-state index contributed by atoms with van der Waals surface area (Å²) in [7, 11) is 0. The van der Waals surface area contributed by atoms with Gasteiger partial charge in [-0.05, 0) is 61.7 Å². The first-order valence-corrected chi connectivity index (χ1v) is 7.55. The number of rotatable bonds is 4. The number of anilines is 2. The molecule has 0 bridgehead atoms. The van der Waals surface area contributed by atoms with Crippen molar-refractivity contribution in [2.24, 2.45) is 0 Å². The number of aromatic nitrogens is 1. The van der Waals surface area contributed by atoms with Gasteiger partial charge in [0.15, 0.2) is 0 Å². The molecule has 4 nitrogen and oxygen atoms in total. The minimum absolute atomic E-state index is 0.0673. The van der Waals surface area contributed by atoms with E-state index < -0.39 is 0 Å². The Balaban J connectivity index is 1.98. The van der Waals surface area contributed by atoms with Gasteiger partial charge in [-0.2, -0.15) is 0 Å². The molecule has 20 heavy (non-hydrogen) atoms. The number of benzene rings is 1. The summed E-state index contributed by atoms with van der Waals surface area (Å²) in [5, 5.41) is 6.06. The highest BCUT2D eigenvalue weighted by Crippen LogP contribution is 2.20. The van der Waals surface area contributed by atoms with Gasteiger partial charge in [-0.1, -0.05) is 12.1 Å². The average Bonchev–Trinajstić information content (AvgIpc) is 2.36. The van der Waals surface area contributed by atoms with Crippen LogP contribution in [0.5, 0.6) is 0 Å². The molecule has 0 aliphatic rings. The van der Waals surface area contributed by atoms with Gasteiger partial charge in [-0.25, -0.2) is 4.98 Å². The van der Waals surface area contributed by atoms with Crippen LogP contribution in [-0.4, -0.2) is 10.9 Å². The van der Waals surface area contributed by atoms with Crippen molar-refractivity contribution in [3.63, 3.8) is 0 Å². The summed E-state index contributed by atoms with van der Waals surface area (Å²) in [6, 6.07) is 11.5. The molecule has 2 rings (SSSR count). The van der Waals surface area contributed by atoms with Crippen LogP contribution in [0.4, 0.5) is 11.4 Å². The fourth-order valence-corrected chi connectivity index (χ4v) is 2.79. The zero-order valence-corrected chi connectivity index (χ0v) is 14.0. The fraction of sp³-hybridized carbons (Fsp3) is 0.143. The number of carbonyl (C=O) groups is 1. The largest absolute Gasteiger partial charge is 0.381 e. The van der Waals surface area contributed by atoms with Crippen LogP contribution in [0.15, 0.2) is 45.6 Å². The van der Waals surface area contributed by atoms with E-state index in [0.29, 0.717) is 6.54 Å². The maximum Gasteiger partial charge on any atom is 0.221 e. The second kappa shape index (κ2) is 6.85. The predicted octanol–water partition coefficient (Wildman–Crippen LogP) is 4.18. The Morgan fingerprint density at radius 2 is 1.70 bits per heavy atom. The molecular formula is C14H13Br2N3O. The van der Waals surface area contributed by atoms with Gasteiger partial charge in [0.25, 0.3) is 0 Å². The number of halogens is 2. The first kappa shape index (κ1) is 15.0. The molecule has 2 aromatic rings. The van der Waals surface area contributed by atoms with Gasteiger partial charge >= 0.3 is 0 Å². The molecule has 104 valence electrons. The summed E-state index contributed by atoms with van der Waals surface area (Å²) in [5.41, 5.74) is 2.91. The zero-order valence-electron chi connectivity index (χ0n) is 10.8. The van der Waals surface area contributed by atoms with E-state index in [0.717, 1.165) is 26.1 Å². The number of amides is 1. The summed E-state index contributed by atoms with van der Waals surface area (Å²) in [5.74, 6) is -0.0673. The third-order valence-corrected chi connectivity index (χ3v) is 3.35. The normalized spacial score (nSPS) is 10.2. The van der Waals surface area contributed by atoms with Crippen molar-refractivity contribution in [1.29, 1.82) is 0 Å². The van der Waals surface area contributed by atoms with Crippen molar-refractivity contribution in [2.75, 3.05) is 10.6 Å². The molecule has 0 atom stereocenters. The van der Waals surface area contributed by atoms with Crippen LogP contribution in [0, 0.1) is 0 Å². The lowest BCUT2D eigenvalue weighted by Crippen LogP contribution is -2.06. The molecule has 1 heterocycles. The van der Waals surface area contributed by atoms with Crippen LogP contribution < -0.4 is 10.6 Å². The van der Waals surface area contributed by atoms with Crippen LogP contribution in [0.1, 0.15) is 12.5 Å². The number of hydrogen-bond acceptors (Lipinski definition) is 3. The summed E-state index contributed by atoms with van der Waals surface area (Å²) < 4.78 is 1.55. The van der Waals surface area contributed by atoms with Crippen LogP contribution in [-0.2, 0) is 11.3 Å². The van der Waals surface area contributed by atoms with Crippen LogP contribution in [0.3, 0.4) is 0 Å². The van der Waals surface area contributed by atoms with E-state index in [-0.39, 0.29) is 5.91 Å². The van der Waals surface area contributed by atoms with Crippen molar-refractivity contribution in [2.45, 2.75) is 13.5 Å². The molecule has 0 fully saturated rings. The van der Waals surface area contributed by atoms with E-state index in [1.807, 2.05) is 36.4 Å². The molecular weight excluding hydrogens is 386 g/mol. The Kier molecular flexibility index (Phi) is 5.14. The number of nitrogens with one attached hydrogen (secondary N) is 2. The number of pyridine rings is 1. The number of carbonyl (C=O) groups excluding carboxylic acids is 1. The highest BCUT2D eigenvalue weighted by molar-refractivity contribution is 9.11. The monoisotopic (exact) mass is 397 g/mol. The molecule has 0 unspecified atom stereocenters. The standard InChI is InChI=1S/C14H13Br2N3O/c1-9(20)18-11-4-2-10(3-5-11)8-17-12-6-13(15)19-14(16)7-12/h2-7H,8H2,1H3,(H,17,19)(H,18,20). The first-order valence-electron chi connectivity index (χ1n) is 5.96. The Hall–Kier alpha value is -1.40. The Bertz CT molecular complexity index is 594. The van der Waals surface area contributed by atoms with Crippen LogP contribution in [0.25, 0.3) is 0 Å². The minimum atomic E-state index is -0.0673. The van der Waals surface area contributed by atoms with Gasteiger partial charge < -0.3 is 10.6 Å². The third-order valence-electron chi connectivity index (χ3n) is 2.53. The molecule has 6 heteroatoms. The number of nitrogens with zero attached hydrogens (tertiary/aromatic N) is 1. The Morgan fingerprint density at radius 3 is 2.25 bits per heavy atom. The lowest BCUT2D eigenvalue weighted by atomic mass is 10.2. The first-order chi connectivity index (χ1) is 9.52. The molecule has 0 saturated heterocycles. The van der Waals surface area contributed by atoms with Crippen molar-refractivity contribution >= 4 is 49.1 Å². The molecule has 0 spiro atoms. The topological polar surface area (TPSA) is 54.0 Å². The van der Waals surface area contributed by atoms with E-state index in [1.54, 1.807) is 0 Å². The van der Waals surface area contributed by atoms with Crippen molar-refractivity contribution in [1.82, 2.24) is 4.98 Å². The lowest BCUT2D eigenvalue weighted by molar-refractivity contribution is -0.114. The van der Waals surface area contributed by atoms with E-state index in [9.17, 15) is 4.79 Å². The lowest BCUT2D eigenvalue weighted by Gasteiger charge is -2.08. The molecule has 0 aliphatic carbocycles. The van der Waals surface area contributed by atoms with Crippen LogP contribution >= 0.6 is 31.9 Å². The molecule has 1 amide bonds. The van der Waals surface area contributed by atoms with Gasteiger partial charge in [0.05, 0.1) is 0 Å². The number of hydrogen-bond donors (Lipinski definition) is 2. The summed E-state index contributed by atoms with van der Waals surface area (Å²) in [6.45, 7) is 2.19. The summed E-state index contributed by atoms with van der Waals surface area (Å²) in [6.07, 6.45) is 0. The minimum Gasteiger partial charge on any atom is -0.381 e. The van der Waals surface area contributed by atoms with Crippen molar-refractivity contribution < 1.29 is 4.79 Å². The Labute approximate surface area is 134 Å². The van der Waals surface area contributed by atoms with E-state index in [1.165, 1.54) is 6.92 Å². The molecule has 0 aliphatic heterocycles. The van der Waals surface area contributed by atoms with Crippen molar-refractivity contribution in [3.8, 4) is 0 Å². The molecule has 0 radical (unpaired) electrons. The van der Waals surface area contributed by atoms with Gasteiger partial charge in [0.1, 0.15) is 9.21 Å². The third kappa shape index (κ3) is 4.61. The fourth-order valence-electron chi connectivity index (χ4n) is 1.68. The quantitative estimate of drug-likeness (QED) is 0.759. The van der Waals surface area contributed by atoms with Crippen LogP contribution in [0.2, 0.25) is 0 Å². The molecule has 0 saturated carbocycles. The highest BCUT2D eigenvalue weighted by Gasteiger charge is 2.00. The van der Waals surface area contributed by atoms with Gasteiger partial charge in [-0.3, -0.25) is 4.79 Å². The molecule has 2 N–H and O–H groups in total. The zero-order chi connectivity index (χ0) is 14.5. The average molecular weight is 399 g/mol. The second-order valence-electron chi connectivity index (χ2n) is 4.23. The van der Waals surface area contributed by atoms with E-state index in [2.05, 4.69) is 47.5 Å². The smallest absolute Gasteiger partial charge is 0.221 e. The Morgan fingerprint density at radius 1 is 1.10 bits per heavy atom. The van der Waals surface area contributed by atoms with E-state index >= 15 is 0 Å². The molecule has 1 aromatic carbocycles. The second-order valence-corrected chi connectivity index (χ2v) is 5.86. The van der Waals surface area contributed by atoms with Gasteiger partial charge in [-0.15, -0.1) is 0 Å². The maximum atomic E-state index is 10.9. The molecule has 1 aromatic heterocycles. The SMILES string of the molecule is CC(=O)Nc1ccc(CNc2cc(Br)nc(Br)c2)cc1.